The molecule has 1 N–H and O–H groups in total. The summed E-state index contributed by atoms with van der Waals surface area (Å²) in [6, 6.07) is 7.13. The van der Waals surface area contributed by atoms with Crippen LogP contribution < -0.4 is 10.1 Å². The second kappa shape index (κ2) is 11.3. The van der Waals surface area contributed by atoms with Crippen LogP contribution in [0.25, 0.3) is 0 Å². The number of nitrogens with zero attached hydrogens (tertiary/aromatic N) is 2. The number of ether oxygens (including phenoxy) is 1. The molecule has 1 aromatic heterocycles. The van der Waals surface area contributed by atoms with E-state index < -0.39 is 0 Å². The molecular formula is C18H23N3O3S3. The van der Waals surface area contributed by atoms with Crippen LogP contribution >= 0.6 is 34.9 Å². The van der Waals surface area contributed by atoms with Gasteiger partial charge in [-0.05, 0) is 37.1 Å². The van der Waals surface area contributed by atoms with Gasteiger partial charge in [0.25, 0.3) is 0 Å². The summed E-state index contributed by atoms with van der Waals surface area (Å²) < 4.78 is 6.60. The monoisotopic (exact) mass is 425 g/mol. The maximum absolute atomic E-state index is 12.7. The molecule has 1 aromatic carbocycles. The largest absolute Gasteiger partial charge is 0.497 e. The summed E-state index contributed by atoms with van der Waals surface area (Å²) in [6.07, 6.45) is 1.60. The highest BCUT2D eigenvalue weighted by Crippen LogP contribution is 2.33. The number of aromatic nitrogens is 2. The number of Topliss-reactive ketones (excluding diaryl/α,β-unsaturated/α-hetero) is 1. The standard InChI is InChI=1S/C18H23N3O3S3/c1-4-10-19-15(22)11-25-17-20-21-18(27-17)26-14(5-2)16(23)12-6-8-13(24-3)9-7-12/h6-9,14H,4-5,10-11H2,1-3H3,(H,19,22). The highest BCUT2D eigenvalue weighted by atomic mass is 32.2. The molecule has 0 spiro atoms. The van der Waals surface area contributed by atoms with Crippen molar-refractivity contribution in [2.45, 2.75) is 40.6 Å². The molecule has 27 heavy (non-hydrogen) atoms. The maximum atomic E-state index is 12.7. The molecule has 0 aliphatic heterocycles. The van der Waals surface area contributed by atoms with Crippen LogP contribution in [0.3, 0.4) is 0 Å². The summed E-state index contributed by atoms with van der Waals surface area (Å²) in [5.74, 6) is 1.10. The van der Waals surface area contributed by atoms with Gasteiger partial charge in [0.2, 0.25) is 5.91 Å². The average Bonchev–Trinajstić information content (AvgIpc) is 3.16. The first kappa shape index (κ1) is 21.7. The molecule has 0 saturated heterocycles. The zero-order valence-electron chi connectivity index (χ0n) is 15.6. The number of hydrogen-bond donors (Lipinski definition) is 1. The minimum Gasteiger partial charge on any atom is -0.497 e. The fraction of sp³-hybridized carbons (Fsp3) is 0.444. The van der Waals surface area contributed by atoms with Crippen molar-refractivity contribution in [3.05, 3.63) is 29.8 Å². The van der Waals surface area contributed by atoms with Crippen LogP contribution in [0.15, 0.2) is 32.9 Å². The first-order valence-electron chi connectivity index (χ1n) is 8.65. The molecule has 1 heterocycles. The van der Waals surface area contributed by atoms with Crippen molar-refractivity contribution >= 4 is 46.6 Å². The first-order chi connectivity index (χ1) is 13.1. The van der Waals surface area contributed by atoms with Crippen LogP contribution in [0.4, 0.5) is 0 Å². The smallest absolute Gasteiger partial charge is 0.230 e. The number of carbonyl (C=O) groups is 2. The van der Waals surface area contributed by atoms with Gasteiger partial charge in [-0.2, -0.15) is 0 Å². The number of nitrogens with one attached hydrogen (secondary N) is 1. The second-order valence-electron chi connectivity index (χ2n) is 5.58. The molecule has 1 atom stereocenters. The summed E-state index contributed by atoms with van der Waals surface area (Å²) in [5, 5.41) is 10.9. The summed E-state index contributed by atoms with van der Waals surface area (Å²) in [7, 11) is 1.60. The average molecular weight is 426 g/mol. The minimum atomic E-state index is -0.225. The van der Waals surface area contributed by atoms with Crippen molar-refractivity contribution in [3.63, 3.8) is 0 Å². The molecule has 9 heteroatoms. The first-order valence-corrected chi connectivity index (χ1v) is 11.3. The third-order valence-corrected chi connectivity index (χ3v) is 7.07. The van der Waals surface area contributed by atoms with Gasteiger partial charge in [-0.3, -0.25) is 9.59 Å². The Morgan fingerprint density at radius 1 is 1.19 bits per heavy atom. The van der Waals surface area contributed by atoms with Crippen molar-refractivity contribution in [2.75, 3.05) is 19.4 Å². The minimum absolute atomic E-state index is 0.00706. The molecule has 6 nitrogen and oxygen atoms in total. The third-order valence-electron chi connectivity index (χ3n) is 3.57. The number of ketones is 1. The van der Waals surface area contributed by atoms with Gasteiger partial charge in [0.05, 0.1) is 18.1 Å². The van der Waals surface area contributed by atoms with Gasteiger partial charge in [0, 0.05) is 12.1 Å². The van der Waals surface area contributed by atoms with Crippen molar-refractivity contribution in [1.82, 2.24) is 15.5 Å². The highest BCUT2D eigenvalue weighted by Gasteiger charge is 2.22. The predicted molar refractivity (Wildman–Crippen MR) is 111 cm³/mol. The molecule has 1 amide bonds. The molecule has 0 aliphatic rings. The lowest BCUT2D eigenvalue weighted by Crippen LogP contribution is -2.25. The lowest BCUT2D eigenvalue weighted by atomic mass is 10.1. The van der Waals surface area contributed by atoms with Crippen LogP contribution in [0, 0.1) is 0 Å². The Morgan fingerprint density at radius 3 is 2.52 bits per heavy atom. The molecule has 2 rings (SSSR count). The normalized spacial score (nSPS) is 11.8. The third kappa shape index (κ3) is 6.82. The predicted octanol–water partition coefficient (Wildman–Crippen LogP) is 3.92. The second-order valence-corrected chi connectivity index (χ2v) is 9.23. The van der Waals surface area contributed by atoms with E-state index in [0.717, 1.165) is 20.8 Å². The van der Waals surface area contributed by atoms with Crippen molar-refractivity contribution in [3.8, 4) is 5.75 Å². The van der Waals surface area contributed by atoms with Gasteiger partial charge in [0.1, 0.15) is 5.75 Å². The number of methoxy groups -OCH3 is 1. The van der Waals surface area contributed by atoms with Crippen LogP contribution in [0.2, 0.25) is 0 Å². The summed E-state index contributed by atoms with van der Waals surface area (Å²) in [4.78, 5) is 24.4. The van der Waals surface area contributed by atoms with E-state index in [0.29, 0.717) is 24.3 Å². The topological polar surface area (TPSA) is 81.2 Å². The molecular weight excluding hydrogens is 402 g/mol. The van der Waals surface area contributed by atoms with Crippen LogP contribution in [-0.2, 0) is 4.79 Å². The number of hydrogen-bond acceptors (Lipinski definition) is 8. The summed E-state index contributed by atoms with van der Waals surface area (Å²) >= 11 is 4.20. The summed E-state index contributed by atoms with van der Waals surface area (Å²) in [6.45, 7) is 4.68. The highest BCUT2D eigenvalue weighted by molar-refractivity contribution is 8.04. The van der Waals surface area contributed by atoms with Gasteiger partial charge in [-0.15, -0.1) is 10.2 Å². The van der Waals surface area contributed by atoms with E-state index in [1.807, 2.05) is 13.8 Å². The van der Waals surface area contributed by atoms with Crippen molar-refractivity contribution < 1.29 is 14.3 Å². The fourth-order valence-corrected chi connectivity index (χ4v) is 5.23. The Kier molecular flexibility index (Phi) is 9.09. The van der Waals surface area contributed by atoms with E-state index in [2.05, 4.69) is 15.5 Å². The Balaban J connectivity index is 1.92. The van der Waals surface area contributed by atoms with Crippen molar-refractivity contribution in [1.29, 1.82) is 0 Å². The van der Waals surface area contributed by atoms with Crippen LogP contribution in [0.5, 0.6) is 5.75 Å². The number of benzene rings is 1. The lowest BCUT2D eigenvalue weighted by molar-refractivity contribution is -0.118. The van der Waals surface area contributed by atoms with E-state index in [4.69, 9.17) is 4.74 Å². The van der Waals surface area contributed by atoms with E-state index in [1.165, 1.54) is 34.9 Å². The SMILES string of the molecule is CCCNC(=O)CSc1nnc(SC(CC)C(=O)c2ccc(OC)cc2)s1. The molecule has 0 bridgehead atoms. The lowest BCUT2D eigenvalue weighted by Gasteiger charge is -2.11. The van der Waals surface area contributed by atoms with Crippen molar-refractivity contribution in [2.24, 2.45) is 0 Å². The Morgan fingerprint density at radius 2 is 1.89 bits per heavy atom. The van der Waals surface area contributed by atoms with Crippen LogP contribution in [0.1, 0.15) is 37.0 Å². The van der Waals surface area contributed by atoms with E-state index in [9.17, 15) is 9.59 Å². The molecule has 0 saturated carbocycles. The van der Waals surface area contributed by atoms with Crippen LogP contribution in [-0.4, -0.2) is 46.5 Å². The van der Waals surface area contributed by atoms with Gasteiger partial charge in [0.15, 0.2) is 14.5 Å². The molecule has 1 unspecified atom stereocenters. The van der Waals surface area contributed by atoms with E-state index in [-0.39, 0.29) is 16.9 Å². The van der Waals surface area contributed by atoms with Gasteiger partial charge in [-0.25, -0.2) is 0 Å². The Labute approximate surface area is 171 Å². The molecule has 0 aliphatic carbocycles. The zero-order chi connectivity index (χ0) is 19.6. The van der Waals surface area contributed by atoms with E-state index >= 15 is 0 Å². The maximum Gasteiger partial charge on any atom is 0.230 e. The molecule has 146 valence electrons. The summed E-state index contributed by atoms with van der Waals surface area (Å²) in [5.41, 5.74) is 0.654. The number of carbonyl (C=O) groups excluding carboxylic acids is 2. The molecule has 0 radical (unpaired) electrons. The number of amides is 1. The Bertz CT molecular complexity index is 750. The quantitative estimate of drug-likeness (QED) is 0.432. The van der Waals surface area contributed by atoms with Gasteiger partial charge in [-0.1, -0.05) is 48.7 Å². The fourth-order valence-electron chi connectivity index (χ4n) is 2.13. The molecule has 2 aromatic rings. The van der Waals surface area contributed by atoms with Gasteiger partial charge >= 0.3 is 0 Å². The zero-order valence-corrected chi connectivity index (χ0v) is 18.0. The van der Waals surface area contributed by atoms with E-state index in [1.54, 1.807) is 31.4 Å². The molecule has 0 fully saturated rings. The Hall–Kier alpha value is -1.58. The van der Waals surface area contributed by atoms with Gasteiger partial charge < -0.3 is 10.1 Å². The number of thioether (sulfide) groups is 2. The number of rotatable bonds is 11.